The maximum atomic E-state index is 14.1. The highest BCUT2D eigenvalue weighted by molar-refractivity contribution is 7.93. The van der Waals surface area contributed by atoms with Crippen molar-refractivity contribution >= 4 is 44.8 Å². The molecule has 0 spiro atoms. The van der Waals surface area contributed by atoms with Crippen molar-refractivity contribution in [3.8, 4) is 0 Å². The molecule has 36 heavy (non-hydrogen) atoms. The van der Waals surface area contributed by atoms with Gasteiger partial charge in [0.05, 0.1) is 21.2 Å². The van der Waals surface area contributed by atoms with Gasteiger partial charge in [0.1, 0.15) is 6.29 Å². The molecule has 0 saturated carbocycles. The topological polar surface area (TPSA) is 71.5 Å². The van der Waals surface area contributed by atoms with Gasteiger partial charge in [-0.1, -0.05) is 72.3 Å². The van der Waals surface area contributed by atoms with Crippen molar-refractivity contribution in [2.24, 2.45) is 0 Å². The van der Waals surface area contributed by atoms with Crippen LogP contribution < -0.4 is 4.31 Å². The Balaban J connectivity index is 1.77. The number of para-hydroxylation sites is 1. The van der Waals surface area contributed by atoms with Crippen molar-refractivity contribution < 1.29 is 18.0 Å². The molecule has 0 bridgehead atoms. The number of ketones is 1. The third kappa shape index (κ3) is 4.21. The number of allylic oxidation sites excluding steroid dienone is 1. The van der Waals surface area contributed by atoms with E-state index in [-0.39, 0.29) is 28.4 Å². The summed E-state index contributed by atoms with van der Waals surface area (Å²) in [5, 5.41) is 1.84. The van der Waals surface area contributed by atoms with E-state index in [1.54, 1.807) is 78.9 Å². The van der Waals surface area contributed by atoms with Gasteiger partial charge >= 0.3 is 0 Å². The van der Waals surface area contributed by atoms with Gasteiger partial charge in [-0.25, -0.2) is 12.7 Å². The zero-order chi connectivity index (χ0) is 25.3. The van der Waals surface area contributed by atoms with Gasteiger partial charge in [0.2, 0.25) is 0 Å². The first-order valence-corrected chi connectivity index (χ1v) is 13.8. The fraction of sp³-hybridized carbons (Fsp3) is 0.103. The van der Waals surface area contributed by atoms with Crippen molar-refractivity contribution in [2.45, 2.75) is 24.2 Å². The molecule has 5 rings (SSSR count). The van der Waals surface area contributed by atoms with E-state index in [0.29, 0.717) is 28.0 Å². The number of thiophene rings is 1. The van der Waals surface area contributed by atoms with Crippen molar-refractivity contribution in [3.05, 3.63) is 124 Å². The number of benzene rings is 3. The Kier molecular flexibility index (Phi) is 6.43. The van der Waals surface area contributed by atoms with Crippen LogP contribution in [0.5, 0.6) is 0 Å². The largest absolute Gasteiger partial charge is 0.298 e. The number of carbonyl (C=O) groups is 2. The maximum Gasteiger partial charge on any atom is 0.268 e. The minimum Gasteiger partial charge on any atom is -0.298 e. The summed E-state index contributed by atoms with van der Waals surface area (Å²) >= 11 is 1.35. The summed E-state index contributed by atoms with van der Waals surface area (Å²) in [6.07, 6.45) is 0.753. The summed E-state index contributed by atoms with van der Waals surface area (Å²) in [5.41, 5.74) is 3.12. The number of aryl methyl sites for hydroxylation is 1. The summed E-state index contributed by atoms with van der Waals surface area (Å²) in [6, 6.07) is 26.3. The van der Waals surface area contributed by atoms with Crippen LogP contribution in [-0.4, -0.2) is 20.5 Å². The van der Waals surface area contributed by atoms with Crippen LogP contribution in [0.1, 0.15) is 38.7 Å². The minimum atomic E-state index is -4.09. The second-order valence-electron chi connectivity index (χ2n) is 8.59. The highest BCUT2D eigenvalue weighted by Crippen LogP contribution is 2.48. The van der Waals surface area contributed by atoms with Gasteiger partial charge in [-0.05, 0) is 47.7 Å². The molecule has 7 heteroatoms. The summed E-state index contributed by atoms with van der Waals surface area (Å²) < 4.78 is 29.5. The van der Waals surface area contributed by atoms with Gasteiger partial charge in [-0.2, -0.15) is 0 Å². The zero-order valence-corrected chi connectivity index (χ0v) is 21.1. The van der Waals surface area contributed by atoms with Crippen LogP contribution in [0.3, 0.4) is 0 Å². The van der Waals surface area contributed by atoms with Gasteiger partial charge in [-0.3, -0.25) is 9.59 Å². The molecule has 0 amide bonds. The molecular weight excluding hydrogens is 490 g/mol. The van der Waals surface area contributed by atoms with Gasteiger partial charge in [-0.15, -0.1) is 11.3 Å². The lowest BCUT2D eigenvalue weighted by molar-refractivity contribution is -0.105. The molecule has 3 aromatic carbocycles. The molecule has 1 aromatic heterocycles. The van der Waals surface area contributed by atoms with Crippen molar-refractivity contribution in [1.29, 1.82) is 0 Å². The molecule has 1 atom stereocenters. The molecule has 0 unspecified atom stereocenters. The quantitative estimate of drug-likeness (QED) is 0.217. The molecule has 0 saturated heterocycles. The van der Waals surface area contributed by atoms with Crippen LogP contribution in [0.25, 0.3) is 5.70 Å². The molecule has 0 aliphatic carbocycles. The number of nitrogens with zero attached hydrogens (tertiary/aromatic N) is 1. The average molecular weight is 514 g/mol. The van der Waals surface area contributed by atoms with Gasteiger partial charge in [0, 0.05) is 17.9 Å². The van der Waals surface area contributed by atoms with E-state index < -0.39 is 15.9 Å². The number of rotatable bonds is 7. The van der Waals surface area contributed by atoms with Crippen LogP contribution in [0.4, 0.5) is 5.69 Å². The molecule has 2 heterocycles. The lowest BCUT2D eigenvalue weighted by Crippen LogP contribution is -2.35. The van der Waals surface area contributed by atoms with E-state index in [2.05, 4.69) is 0 Å². The summed E-state index contributed by atoms with van der Waals surface area (Å²) in [7, 11) is -4.09. The standard InChI is InChI=1S/C29H23NO4S2/c1-20-13-15-22(16-14-20)36(33,34)30-26-11-6-5-10-23(26)24(18-27(32)28-12-7-17-35-28)25(19-31)29(30)21-8-3-2-4-9-21/h2-17,19,24H,18H2,1H3/t24-/m1/s1. The summed E-state index contributed by atoms with van der Waals surface area (Å²) in [4.78, 5) is 26.6. The highest BCUT2D eigenvalue weighted by atomic mass is 32.2. The van der Waals surface area contributed by atoms with Crippen LogP contribution in [0, 0.1) is 6.92 Å². The SMILES string of the molecule is Cc1ccc(S(=O)(=O)N2C(c3ccccc3)=C(C=O)[C@H](CC(=O)c3cccs3)c3ccccc32)cc1. The average Bonchev–Trinajstić information content (AvgIpc) is 3.44. The van der Waals surface area contributed by atoms with E-state index in [1.165, 1.54) is 15.6 Å². The number of fused-ring (bicyclic) bond motifs is 1. The number of hydrogen-bond donors (Lipinski definition) is 0. The first kappa shape index (κ1) is 23.9. The Morgan fingerprint density at radius 1 is 0.917 bits per heavy atom. The molecule has 0 fully saturated rings. The fourth-order valence-electron chi connectivity index (χ4n) is 4.56. The molecular formula is C29H23NO4S2. The predicted octanol–water partition coefficient (Wildman–Crippen LogP) is 6.23. The minimum absolute atomic E-state index is 0.0559. The molecule has 1 aliphatic rings. The van der Waals surface area contributed by atoms with E-state index in [9.17, 15) is 18.0 Å². The number of aldehydes is 1. The van der Waals surface area contributed by atoms with Gasteiger partial charge < -0.3 is 0 Å². The smallest absolute Gasteiger partial charge is 0.268 e. The van der Waals surface area contributed by atoms with Crippen molar-refractivity contribution in [1.82, 2.24) is 0 Å². The van der Waals surface area contributed by atoms with Crippen molar-refractivity contribution in [3.63, 3.8) is 0 Å². The van der Waals surface area contributed by atoms with Gasteiger partial charge in [0.25, 0.3) is 10.0 Å². The van der Waals surface area contributed by atoms with Crippen LogP contribution in [0.15, 0.2) is 107 Å². The van der Waals surface area contributed by atoms with E-state index in [0.717, 1.165) is 5.56 Å². The highest BCUT2D eigenvalue weighted by Gasteiger charge is 2.40. The zero-order valence-electron chi connectivity index (χ0n) is 19.5. The third-order valence-corrected chi connectivity index (χ3v) is 8.94. The molecule has 0 N–H and O–H groups in total. The second kappa shape index (κ2) is 9.68. The van der Waals surface area contributed by atoms with E-state index in [4.69, 9.17) is 0 Å². The summed E-state index contributed by atoms with van der Waals surface area (Å²) in [6.45, 7) is 1.89. The van der Waals surface area contributed by atoms with Crippen LogP contribution >= 0.6 is 11.3 Å². The molecule has 180 valence electrons. The Morgan fingerprint density at radius 2 is 1.61 bits per heavy atom. The number of anilines is 1. The Bertz CT molecular complexity index is 1560. The Labute approximate surface area is 214 Å². The lowest BCUT2D eigenvalue weighted by Gasteiger charge is -2.37. The van der Waals surface area contributed by atoms with E-state index in [1.807, 2.05) is 24.4 Å². The summed E-state index contributed by atoms with van der Waals surface area (Å²) in [5.74, 6) is -0.681. The number of sulfonamides is 1. The fourth-order valence-corrected chi connectivity index (χ4v) is 6.81. The number of carbonyl (C=O) groups excluding carboxylic acids is 2. The van der Waals surface area contributed by atoms with Crippen LogP contribution in [-0.2, 0) is 14.8 Å². The number of hydrogen-bond acceptors (Lipinski definition) is 5. The molecule has 5 nitrogen and oxygen atoms in total. The monoisotopic (exact) mass is 513 g/mol. The van der Waals surface area contributed by atoms with E-state index >= 15 is 0 Å². The second-order valence-corrected chi connectivity index (χ2v) is 11.3. The molecule has 1 aliphatic heterocycles. The maximum absolute atomic E-state index is 14.1. The first-order chi connectivity index (χ1) is 17.4. The number of Topliss-reactive ketones (excluding diaryl/α,β-unsaturated/α-hetero) is 1. The van der Waals surface area contributed by atoms with Gasteiger partial charge in [0.15, 0.2) is 5.78 Å². The third-order valence-electron chi connectivity index (χ3n) is 6.30. The predicted molar refractivity (Wildman–Crippen MR) is 143 cm³/mol. The molecule has 0 radical (unpaired) electrons. The Morgan fingerprint density at radius 3 is 2.28 bits per heavy atom. The lowest BCUT2D eigenvalue weighted by atomic mass is 9.81. The Hall–Kier alpha value is -3.81. The molecule has 4 aromatic rings. The van der Waals surface area contributed by atoms with Crippen LogP contribution in [0.2, 0.25) is 0 Å². The first-order valence-electron chi connectivity index (χ1n) is 11.4. The normalized spacial score (nSPS) is 15.5. The van der Waals surface area contributed by atoms with Crippen molar-refractivity contribution in [2.75, 3.05) is 4.31 Å².